The molecule has 0 amide bonds. The Morgan fingerprint density at radius 1 is 1.35 bits per heavy atom. The minimum Gasteiger partial charge on any atom is -0.312 e. The number of thiophene rings is 1. The van der Waals surface area contributed by atoms with E-state index in [1.165, 1.54) is 23.3 Å². The summed E-state index contributed by atoms with van der Waals surface area (Å²) < 4.78 is 0. The summed E-state index contributed by atoms with van der Waals surface area (Å²) >= 11 is 1.88. The van der Waals surface area contributed by atoms with Crippen LogP contribution in [0, 0.1) is 18.3 Å². The molecule has 0 spiro atoms. The van der Waals surface area contributed by atoms with Gasteiger partial charge in [0.15, 0.2) is 0 Å². The molecule has 0 aliphatic carbocycles. The molecule has 2 atom stereocenters. The van der Waals surface area contributed by atoms with Crippen LogP contribution in [0.3, 0.4) is 0 Å². The molecule has 0 aliphatic heterocycles. The first kappa shape index (κ1) is 14.7. The van der Waals surface area contributed by atoms with Gasteiger partial charge in [-0.15, -0.1) is 11.3 Å². The first-order chi connectivity index (χ1) is 7.83. The van der Waals surface area contributed by atoms with Crippen molar-refractivity contribution in [3.8, 4) is 0 Å². The summed E-state index contributed by atoms with van der Waals surface area (Å²) in [5.74, 6) is 0.758. The summed E-state index contributed by atoms with van der Waals surface area (Å²) in [6, 6.07) is 2.74. The lowest BCUT2D eigenvalue weighted by Crippen LogP contribution is -2.21. The third-order valence-electron chi connectivity index (χ3n) is 3.17. The highest BCUT2D eigenvalue weighted by atomic mass is 32.1. The van der Waals surface area contributed by atoms with Crippen molar-refractivity contribution >= 4 is 11.3 Å². The number of rotatable bonds is 5. The van der Waals surface area contributed by atoms with Gasteiger partial charge in [-0.05, 0) is 55.2 Å². The third kappa shape index (κ3) is 4.81. The summed E-state index contributed by atoms with van der Waals surface area (Å²) in [6.07, 6.45) is 2.52. The average Bonchev–Trinajstić information content (AvgIpc) is 2.58. The molecule has 1 rings (SSSR count). The molecule has 0 aromatic carbocycles. The Hall–Kier alpha value is -0.340. The topological polar surface area (TPSA) is 12.0 Å². The fourth-order valence-electron chi connectivity index (χ4n) is 2.63. The van der Waals surface area contributed by atoms with E-state index in [1.54, 1.807) is 0 Å². The van der Waals surface area contributed by atoms with Crippen LogP contribution >= 0.6 is 11.3 Å². The van der Waals surface area contributed by atoms with Gasteiger partial charge in [0.25, 0.3) is 0 Å². The molecule has 0 bridgehead atoms. The van der Waals surface area contributed by atoms with E-state index in [1.807, 2.05) is 11.3 Å². The minimum atomic E-state index is 0.433. The summed E-state index contributed by atoms with van der Waals surface area (Å²) in [6.45, 7) is 11.6. The molecule has 0 aliphatic rings. The Morgan fingerprint density at radius 3 is 2.41 bits per heavy atom. The van der Waals surface area contributed by atoms with Crippen molar-refractivity contribution in [1.29, 1.82) is 0 Å². The maximum Gasteiger partial charge on any atom is 0.0417 e. The van der Waals surface area contributed by atoms with Crippen LogP contribution < -0.4 is 5.32 Å². The average molecular weight is 253 g/mol. The van der Waals surface area contributed by atoms with Gasteiger partial charge in [-0.2, -0.15) is 0 Å². The van der Waals surface area contributed by atoms with Crippen LogP contribution in [-0.2, 0) is 0 Å². The van der Waals surface area contributed by atoms with Gasteiger partial charge < -0.3 is 5.32 Å². The number of hydrogen-bond donors (Lipinski definition) is 1. The molecule has 0 saturated carbocycles. The van der Waals surface area contributed by atoms with Crippen molar-refractivity contribution in [2.75, 3.05) is 7.05 Å². The molecule has 1 aromatic rings. The van der Waals surface area contributed by atoms with Gasteiger partial charge in [0, 0.05) is 10.9 Å². The second-order valence-electron chi connectivity index (χ2n) is 6.41. The van der Waals surface area contributed by atoms with E-state index < -0.39 is 0 Å². The van der Waals surface area contributed by atoms with E-state index in [9.17, 15) is 0 Å². The van der Waals surface area contributed by atoms with Gasteiger partial charge >= 0.3 is 0 Å². The largest absolute Gasteiger partial charge is 0.312 e. The fourth-order valence-corrected chi connectivity index (χ4v) is 3.68. The maximum atomic E-state index is 3.47. The Labute approximate surface area is 111 Å². The zero-order chi connectivity index (χ0) is 13.1. The molecule has 17 heavy (non-hydrogen) atoms. The second kappa shape index (κ2) is 6.01. The maximum absolute atomic E-state index is 3.47. The molecule has 0 saturated heterocycles. The minimum absolute atomic E-state index is 0.433. The zero-order valence-electron chi connectivity index (χ0n) is 12.1. The molecule has 1 aromatic heterocycles. The van der Waals surface area contributed by atoms with Crippen molar-refractivity contribution in [3.05, 3.63) is 21.9 Å². The normalized spacial score (nSPS) is 15.9. The van der Waals surface area contributed by atoms with Gasteiger partial charge in [0.2, 0.25) is 0 Å². The highest BCUT2D eigenvalue weighted by molar-refractivity contribution is 7.10. The van der Waals surface area contributed by atoms with E-state index in [2.05, 4.69) is 58.4 Å². The Balaban J connectivity index is 2.62. The van der Waals surface area contributed by atoms with Crippen LogP contribution in [-0.4, -0.2) is 7.05 Å². The lowest BCUT2D eigenvalue weighted by Gasteiger charge is -2.26. The number of aryl methyl sites for hydroxylation is 1. The molecule has 0 fully saturated rings. The highest BCUT2D eigenvalue weighted by Gasteiger charge is 2.20. The molecule has 1 N–H and O–H groups in total. The molecule has 98 valence electrons. The monoisotopic (exact) mass is 253 g/mol. The molecule has 2 unspecified atom stereocenters. The van der Waals surface area contributed by atoms with Crippen LogP contribution in [0.5, 0.6) is 0 Å². The Kier molecular flexibility index (Phi) is 5.21. The zero-order valence-corrected chi connectivity index (χ0v) is 12.9. The Morgan fingerprint density at radius 2 is 2.00 bits per heavy atom. The van der Waals surface area contributed by atoms with Crippen LogP contribution in [0.25, 0.3) is 0 Å². The lowest BCUT2D eigenvalue weighted by molar-refractivity contribution is 0.279. The molecule has 2 heteroatoms. The van der Waals surface area contributed by atoms with Crippen molar-refractivity contribution in [3.63, 3.8) is 0 Å². The summed E-state index contributed by atoms with van der Waals surface area (Å²) in [7, 11) is 2.08. The third-order valence-corrected chi connectivity index (χ3v) is 4.30. The summed E-state index contributed by atoms with van der Waals surface area (Å²) in [5.41, 5.74) is 1.86. The van der Waals surface area contributed by atoms with E-state index in [0.717, 1.165) is 5.92 Å². The van der Waals surface area contributed by atoms with E-state index in [4.69, 9.17) is 0 Å². The molecule has 1 heterocycles. The predicted octanol–water partition coefficient (Wildman–Crippen LogP) is 4.78. The molecule has 1 nitrogen and oxygen atoms in total. The van der Waals surface area contributed by atoms with Crippen LogP contribution in [0.15, 0.2) is 11.4 Å². The SMILES string of the molecule is CNC(CC(C)CC(C)(C)C)c1sccc1C. The number of hydrogen-bond acceptors (Lipinski definition) is 2. The van der Waals surface area contributed by atoms with E-state index in [-0.39, 0.29) is 0 Å². The van der Waals surface area contributed by atoms with E-state index in [0.29, 0.717) is 11.5 Å². The van der Waals surface area contributed by atoms with Crippen molar-refractivity contribution < 1.29 is 0 Å². The van der Waals surface area contributed by atoms with Gasteiger partial charge in [-0.1, -0.05) is 27.7 Å². The van der Waals surface area contributed by atoms with Gasteiger partial charge in [-0.25, -0.2) is 0 Å². The summed E-state index contributed by atoms with van der Waals surface area (Å²) in [5, 5.41) is 5.67. The van der Waals surface area contributed by atoms with Crippen molar-refractivity contribution in [2.45, 2.75) is 53.5 Å². The fraction of sp³-hybridized carbons (Fsp3) is 0.733. The van der Waals surface area contributed by atoms with Crippen molar-refractivity contribution in [2.24, 2.45) is 11.3 Å². The highest BCUT2D eigenvalue weighted by Crippen LogP contribution is 2.33. The van der Waals surface area contributed by atoms with Gasteiger partial charge in [-0.3, -0.25) is 0 Å². The standard InChI is InChI=1S/C15H27NS/c1-11(10-15(3,4)5)9-13(16-6)14-12(2)7-8-17-14/h7-8,11,13,16H,9-10H2,1-6H3. The Bertz CT molecular complexity index is 335. The van der Waals surface area contributed by atoms with Crippen LogP contribution in [0.1, 0.15) is 57.0 Å². The quantitative estimate of drug-likeness (QED) is 0.796. The smallest absolute Gasteiger partial charge is 0.0417 e. The molecular formula is C15H27NS. The van der Waals surface area contributed by atoms with E-state index >= 15 is 0 Å². The number of nitrogens with one attached hydrogen (secondary N) is 1. The summed E-state index contributed by atoms with van der Waals surface area (Å²) in [4.78, 5) is 1.51. The first-order valence-corrected chi connectivity index (χ1v) is 7.42. The second-order valence-corrected chi connectivity index (χ2v) is 7.36. The predicted molar refractivity (Wildman–Crippen MR) is 78.7 cm³/mol. The molecule has 0 radical (unpaired) electrons. The molecular weight excluding hydrogens is 226 g/mol. The van der Waals surface area contributed by atoms with Gasteiger partial charge in [0.1, 0.15) is 0 Å². The van der Waals surface area contributed by atoms with Crippen LogP contribution in [0.2, 0.25) is 0 Å². The first-order valence-electron chi connectivity index (χ1n) is 6.54. The van der Waals surface area contributed by atoms with Crippen LogP contribution in [0.4, 0.5) is 0 Å². The van der Waals surface area contributed by atoms with Crippen molar-refractivity contribution in [1.82, 2.24) is 5.32 Å². The van der Waals surface area contributed by atoms with Gasteiger partial charge in [0.05, 0.1) is 0 Å². The lowest BCUT2D eigenvalue weighted by atomic mass is 9.82.